The van der Waals surface area contributed by atoms with E-state index in [1.165, 1.54) is 5.56 Å². The van der Waals surface area contributed by atoms with Gasteiger partial charge in [-0.1, -0.05) is 30.3 Å². The third-order valence-electron chi connectivity index (χ3n) is 3.26. The van der Waals surface area contributed by atoms with Gasteiger partial charge in [0.05, 0.1) is 11.0 Å². The molecule has 4 heteroatoms. The summed E-state index contributed by atoms with van der Waals surface area (Å²) in [7, 11) is -2.93. The van der Waals surface area contributed by atoms with Gasteiger partial charge in [-0.15, -0.1) is 0 Å². The predicted octanol–water partition coefficient (Wildman–Crippen LogP) is 2.33. The predicted molar refractivity (Wildman–Crippen MR) is 76.4 cm³/mol. The summed E-state index contributed by atoms with van der Waals surface area (Å²) in [5, 5.41) is -0.287. The van der Waals surface area contributed by atoms with E-state index in [1.807, 2.05) is 18.2 Å². The molecular formula is C14H23NO2S. The Morgan fingerprint density at radius 1 is 1.17 bits per heavy atom. The Morgan fingerprint density at radius 2 is 1.78 bits per heavy atom. The van der Waals surface area contributed by atoms with Gasteiger partial charge in [0.25, 0.3) is 0 Å². The third kappa shape index (κ3) is 4.42. The molecule has 0 spiro atoms. The van der Waals surface area contributed by atoms with Gasteiger partial charge < -0.3 is 5.73 Å². The van der Waals surface area contributed by atoms with E-state index >= 15 is 0 Å². The van der Waals surface area contributed by atoms with Crippen molar-refractivity contribution in [3.8, 4) is 0 Å². The number of nitrogens with two attached hydrogens (primary N) is 1. The monoisotopic (exact) mass is 269 g/mol. The Labute approximate surface area is 110 Å². The van der Waals surface area contributed by atoms with Crippen LogP contribution >= 0.6 is 0 Å². The first-order chi connectivity index (χ1) is 8.47. The number of hydrogen-bond acceptors (Lipinski definition) is 3. The van der Waals surface area contributed by atoms with E-state index in [2.05, 4.69) is 12.1 Å². The maximum Gasteiger partial charge on any atom is 0.152 e. The molecule has 0 aliphatic heterocycles. The first-order valence-electron chi connectivity index (χ1n) is 6.44. The fraction of sp³-hybridized carbons (Fsp3) is 0.571. The van der Waals surface area contributed by atoms with Crippen molar-refractivity contribution in [1.29, 1.82) is 0 Å². The highest BCUT2D eigenvalue weighted by Crippen LogP contribution is 2.20. The van der Waals surface area contributed by atoms with Crippen molar-refractivity contribution >= 4 is 9.84 Å². The minimum atomic E-state index is -2.93. The molecule has 1 atom stereocenters. The molecule has 1 aromatic rings. The zero-order valence-corrected chi connectivity index (χ0v) is 12.0. The van der Waals surface area contributed by atoms with Gasteiger partial charge in [0.15, 0.2) is 9.84 Å². The first kappa shape index (κ1) is 15.2. The van der Waals surface area contributed by atoms with Gasteiger partial charge in [0.1, 0.15) is 0 Å². The Kier molecular flexibility index (Phi) is 5.82. The molecule has 0 saturated carbocycles. The van der Waals surface area contributed by atoms with Gasteiger partial charge in [-0.25, -0.2) is 8.42 Å². The molecule has 18 heavy (non-hydrogen) atoms. The summed E-state index contributed by atoms with van der Waals surface area (Å²) in [5.74, 6) is 0.516. The average Bonchev–Trinajstić information content (AvgIpc) is 2.35. The molecule has 102 valence electrons. The van der Waals surface area contributed by atoms with Crippen molar-refractivity contribution in [3.05, 3.63) is 35.9 Å². The third-order valence-corrected chi connectivity index (χ3v) is 5.55. The van der Waals surface area contributed by atoms with Crippen molar-refractivity contribution in [2.45, 2.75) is 37.9 Å². The summed E-state index contributed by atoms with van der Waals surface area (Å²) in [5.41, 5.74) is 6.96. The summed E-state index contributed by atoms with van der Waals surface area (Å²) in [6, 6.07) is 10.1. The largest absolute Gasteiger partial charge is 0.330 e. The van der Waals surface area contributed by atoms with E-state index in [1.54, 1.807) is 13.8 Å². The van der Waals surface area contributed by atoms with Crippen LogP contribution < -0.4 is 5.73 Å². The lowest BCUT2D eigenvalue weighted by Gasteiger charge is -2.15. The van der Waals surface area contributed by atoms with Crippen LogP contribution in [0.15, 0.2) is 30.3 Å². The van der Waals surface area contributed by atoms with Crippen LogP contribution in [0.5, 0.6) is 0 Å². The molecule has 1 rings (SSSR count). The highest BCUT2D eigenvalue weighted by atomic mass is 32.2. The standard InChI is InChI=1S/C14H23NO2S/c1-12(2)18(16,17)10-6-9-14(11-15)13-7-4-3-5-8-13/h3-5,7-8,12,14H,6,9-11,15H2,1-2H3. The smallest absolute Gasteiger partial charge is 0.152 e. The summed E-state index contributed by atoms with van der Waals surface area (Å²) in [6.45, 7) is 4.02. The quantitative estimate of drug-likeness (QED) is 0.826. The normalized spacial score (nSPS) is 13.8. The van der Waals surface area contributed by atoms with Crippen molar-refractivity contribution in [2.24, 2.45) is 5.73 Å². The van der Waals surface area contributed by atoms with Crippen LogP contribution in [0.3, 0.4) is 0 Å². The second kappa shape index (κ2) is 6.90. The van der Waals surface area contributed by atoms with Crippen LogP contribution in [0, 0.1) is 0 Å². The first-order valence-corrected chi connectivity index (χ1v) is 8.15. The van der Waals surface area contributed by atoms with Gasteiger partial charge in [0.2, 0.25) is 0 Å². The van der Waals surface area contributed by atoms with Crippen molar-refractivity contribution in [3.63, 3.8) is 0 Å². The zero-order chi connectivity index (χ0) is 13.6. The van der Waals surface area contributed by atoms with Crippen molar-refractivity contribution in [1.82, 2.24) is 0 Å². The van der Waals surface area contributed by atoms with Gasteiger partial charge in [-0.3, -0.25) is 0 Å². The van der Waals surface area contributed by atoms with Crippen LogP contribution in [-0.4, -0.2) is 26.0 Å². The molecule has 0 saturated heterocycles. The fourth-order valence-electron chi connectivity index (χ4n) is 1.91. The highest BCUT2D eigenvalue weighted by molar-refractivity contribution is 7.91. The van der Waals surface area contributed by atoms with E-state index in [9.17, 15) is 8.42 Å². The van der Waals surface area contributed by atoms with Crippen LogP contribution in [0.1, 0.15) is 38.2 Å². The Bertz CT molecular complexity index is 440. The minimum absolute atomic E-state index is 0.258. The molecule has 0 aliphatic carbocycles. The van der Waals surface area contributed by atoms with Gasteiger partial charge >= 0.3 is 0 Å². The molecule has 0 radical (unpaired) electrons. The highest BCUT2D eigenvalue weighted by Gasteiger charge is 2.17. The Balaban J connectivity index is 2.52. The number of benzene rings is 1. The van der Waals surface area contributed by atoms with E-state index in [0.29, 0.717) is 13.0 Å². The average molecular weight is 269 g/mol. The van der Waals surface area contributed by atoms with E-state index in [-0.39, 0.29) is 16.9 Å². The maximum atomic E-state index is 11.7. The van der Waals surface area contributed by atoms with Crippen LogP contribution in [0.25, 0.3) is 0 Å². The van der Waals surface area contributed by atoms with Gasteiger partial charge in [-0.05, 0) is 44.7 Å². The maximum absolute atomic E-state index is 11.7. The second-order valence-electron chi connectivity index (χ2n) is 4.90. The molecule has 0 amide bonds. The second-order valence-corrected chi connectivity index (χ2v) is 7.58. The lowest BCUT2D eigenvalue weighted by molar-refractivity contribution is 0.573. The molecule has 2 N–H and O–H groups in total. The fourth-order valence-corrected chi connectivity index (χ4v) is 2.95. The lowest BCUT2D eigenvalue weighted by atomic mass is 9.95. The topological polar surface area (TPSA) is 60.2 Å². The molecule has 0 fully saturated rings. The molecule has 3 nitrogen and oxygen atoms in total. The van der Waals surface area contributed by atoms with E-state index < -0.39 is 9.84 Å². The zero-order valence-electron chi connectivity index (χ0n) is 11.2. The van der Waals surface area contributed by atoms with Crippen molar-refractivity contribution < 1.29 is 8.42 Å². The summed E-state index contributed by atoms with van der Waals surface area (Å²) in [4.78, 5) is 0. The number of sulfone groups is 1. The number of hydrogen-bond donors (Lipinski definition) is 1. The number of rotatable bonds is 7. The molecule has 0 aromatic heterocycles. The Morgan fingerprint density at radius 3 is 2.28 bits per heavy atom. The molecular weight excluding hydrogens is 246 g/mol. The SMILES string of the molecule is CC(C)S(=O)(=O)CCCC(CN)c1ccccc1. The van der Waals surface area contributed by atoms with Crippen LogP contribution in [0.4, 0.5) is 0 Å². The summed E-state index contributed by atoms with van der Waals surface area (Å²) < 4.78 is 23.4. The summed E-state index contributed by atoms with van der Waals surface area (Å²) in [6.07, 6.45) is 1.50. The van der Waals surface area contributed by atoms with E-state index in [0.717, 1.165) is 6.42 Å². The van der Waals surface area contributed by atoms with Gasteiger partial charge in [0, 0.05) is 0 Å². The Hall–Kier alpha value is -0.870. The van der Waals surface area contributed by atoms with Crippen molar-refractivity contribution in [2.75, 3.05) is 12.3 Å². The molecule has 0 heterocycles. The molecule has 1 aromatic carbocycles. The summed E-state index contributed by atoms with van der Waals surface area (Å²) >= 11 is 0. The van der Waals surface area contributed by atoms with Crippen LogP contribution in [0.2, 0.25) is 0 Å². The molecule has 1 unspecified atom stereocenters. The lowest BCUT2D eigenvalue weighted by Crippen LogP contribution is -2.19. The van der Waals surface area contributed by atoms with Crippen LogP contribution in [-0.2, 0) is 9.84 Å². The molecule has 0 aliphatic rings. The minimum Gasteiger partial charge on any atom is -0.330 e. The van der Waals surface area contributed by atoms with Gasteiger partial charge in [-0.2, -0.15) is 0 Å². The molecule has 0 bridgehead atoms. The van der Waals surface area contributed by atoms with E-state index in [4.69, 9.17) is 5.73 Å².